The second-order valence-electron chi connectivity index (χ2n) is 21.7. The van der Waals surface area contributed by atoms with Gasteiger partial charge < -0.3 is 24.5 Å². The van der Waals surface area contributed by atoms with Gasteiger partial charge in [-0.25, -0.2) is 0 Å². The van der Waals surface area contributed by atoms with Crippen molar-refractivity contribution in [2.45, 2.75) is 0 Å². The summed E-state index contributed by atoms with van der Waals surface area (Å²) in [5, 5.41) is 9.77. The number of benzene rings is 15. The minimum absolute atomic E-state index is 1.04. The second kappa shape index (κ2) is 23.2. The minimum atomic E-state index is 1.04. The van der Waals surface area contributed by atoms with Gasteiger partial charge >= 0.3 is 0 Å². The fraction of sp³-hybridized carbons (Fsp3) is 0. The van der Waals surface area contributed by atoms with Gasteiger partial charge in [0, 0.05) is 84.7 Å². The van der Waals surface area contributed by atoms with Crippen molar-refractivity contribution in [3.8, 4) is 0 Å². The molecule has 0 atom stereocenters. The number of para-hydroxylation sites is 5. The molecule has 87 heavy (non-hydrogen) atoms. The first-order chi connectivity index (χ1) is 43.2. The summed E-state index contributed by atoms with van der Waals surface area (Å²) in [6.45, 7) is 0. The molecular formula is C82H59N5. The maximum absolute atomic E-state index is 2.39. The predicted molar refractivity (Wildman–Crippen MR) is 370 cm³/mol. The van der Waals surface area contributed by atoms with E-state index in [0.29, 0.717) is 0 Å². The van der Waals surface area contributed by atoms with Crippen LogP contribution in [0.4, 0.5) is 85.3 Å². The first-order valence-electron chi connectivity index (χ1n) is 29.7. The van der Waals surface area contributed by atoms with Crippen LogP contribution in [0.15, 0.2) is 358 Å². The van der Waals surface area contributed by atoms with Crippen molar-refractivity contribution < 1.29 is 0 Å². The quantitative estimate of drug-likeness (QED) is 0.0948. The van der Waals surface area contributed by atoms with E-state index in [4.69, 9.17) is 0 Å². The van der Waals surface area contributed by atoms with E-state index in [0.717, 1.165) is 85.3 Å². The highest BCUT2D eigenvalue weighted by Crippen LogP contribution is 2.47. The molecule has 0 N–H and O–H groups in total. The van der Waals surface area contributed by atoms with Gasteiger partial charge in [-0.15, -0.1) is 0 Å². The third-order valence-electron chi connectivity index (χ3n) is 16.5. The molecular weight excluding hydrogens is 1050 g/mol. The first kappa shape index (κ1) is 52.2. The van der Waals surface area contributed by atoms with Crippen LogP contribution in [0.3, 0.4) is 0 Å². The van der Waals surface area contributed by atoms with E-state index in [-0.39, 0.29) is 0 Å². The molecule has 412 valence electrons. The molecule has 0 aliphatic heterocycles. The monoisotopic (exact) mass is 1110 g/mol. The van der Waals surface area contributed by atoms with Gasteiger partial charge in [0.2, 0.25) is 0 Å². The summed E-state index contributed by atoms with van der Waals surface area (Å²) >= 11 is 0. The van der Waals surface area contributed by atoms with Gasteiger partial charge in [-0.3, -0.25) is 0 Å². The molecule has 15 aromatic carbocycles. The molecule has 0 bridgehead atoms. The Labute approximate surface area is 508 Å². The molecule has 15 rings (SSSR count). The summed E-state index contributed by atoms with van der Waals surface area (Å²) in [6.07, 6.45) is 0. The Morgan fingerprint density at radius 3 is 0.552 bits per heavy atom. The van der Waals surface area contributed by atoms with Gasteiger partial charge in [-0.1, -0.05) is 188 Å². The molecule has 0 unspecified atom stereocenters. The van der Waals surface area contributed by atoms with Crippen LogP contribution >= 0.6 is 0 Å². The molecule has 5 nitrogen and oxygen atoms in total. The molecule has 0 aliphatic carbocycles. The highest BCUT2D eigenvalue weighted by Gasteiger charge is 2.23. The Morgan fingerprint density at radius 1 is 0.126 bits per heavy atom. The molecule has 15 aromatic rings. The van der Waals surface area contributed by atoms with Crippen LogP contribution in [-0.4, -0.2) is 0 Å². The molecule has 0 aliphatic rings. The van der Waals surface area contributed by atoms with E-state index in [1.165, 1.54) is 43.1 Å². The Bertz CT molecular complexity index is 4540. The number of anilines is 15. The molecule has 0 aromatic heterocycles. The average molecular weight is 1110 g/mol. The Balaban J connectivity index is 0.764. The van der Waals surface area contributed by atoms with Crippen LogP contribution in [0.1, 0.15) is 0 Å². The maximum Gasteiger partial charge on any atom is 0.0546 e. The van der Waals surface area contributed by atoms with Gasteiger partial charge in [-0.05, 0) is 202 Å². The van der Waals surface area contributed by atoms with Gasteiger partial charge in [0.15, 0.2) is 0 Å². The van der Waals surface area contributed by atoms with Gasteiger partial charge in [0.05, 0.1) is 11.4 Å². The molecule has 5 heteroatoms. The van der Waals surface area contributed by atoms with E-state index in [2.05, 4.69) is 382 Å². The number of rotatable bonds is 15. The van der Waals surface area contributed by atoms with Crippen LogP contribution in [0.2, 0.25) is 0 Å². The molecule has 0 saturated carbocycles. The summed E-state index contributed by atoms with van der Waals surface area (Å²) < 4.78 is 0. The fourth-order valence-corrected chi connectivity index (χ4v) is 12.5. The predicted octanol–water partition coefficient (Wildman–Crippen LogP) is 23.6. The number of nitrogens with zero attached hydrogens (tertiary/aromatic N) is 5. The summed E-state index contributed by atoms with van der Waals surface area (Å²) in [6, 6.07) is 129. The molecule has 0 heterocycles. The zero-order chi connectivity index (χ0) is 57.9. The highest BCUT2D eigenvalue weighted by molar-refractivity contribution is 6.16. The third-order valence-corrected chi connectivity index (χ3v) is 16.5. The molecule has 0 saturated heterocycles. The number of fused-ring (bicyclic) bond motifs is 6. The topological polar surface area (TPSA) is 16.2 Å². The average Bonchev–Trinajstić information content (AvgIpc) is 1.84. The third kappa shape index (κ3) is 10.1. The van der Waals surface area contributed by atoms with Crippen molar-refractivity contribution in [2.24, 2.45) is 0 Å². The van der Waals surface area contributed by atoms with E-state index in [9.17, 15) is 0 Å². The molecule has 0 amide bonds. The lowest BCUT2D eigenvalue weighted by Gasteiger charge is -2.30. The zero-order valence-electron chi connectivity index (χ0n) is 47.8. The molecule has 0 spiro atoms. The van der Waals surface area contributed by atoms with E-state index < -0.39 is 0 Å². The van der Waals surface area contributed by atoms with Crippen molar-refractivity contribution in [1.82, 2.24) is 0 Å². The SMILES string of the molecule is c1ccc(N(c2ccc(N(c3ccccc3)c3ccc(N(c4ccccc4)c4cc5ccccc5c5ccccc45)cc3)cc2)c2ccc(N(c3ccccc3)c3ccc(N(c4ccccc4)c4cc5ccccc5c5ccccc45)cc3)cc2)cc1. The first-order valence-corrected chi connectivity index (χ1v) is 29.7. The summed E-state index contributed by atoms with van der Waals surface area (Å²) in [4.78, 5) is 11.8. The minimum Gasteiger partial charge on any atom is -0.311 e. The van der Waals surface area contributed by atoms with Crippen molar-refractivity contribution in [1.29, 1.82) is 0 Å². The lowest BCUT2D eigenvalue weighted by molar-refractivity contribution is 1.24. The summed E-state index contributed by atoms with van der Waals surface area (Å²) in [7, 11) is 0. The lowest BCUT2D eigenvalue weighted by Crippen LogP contribution is -2.14. The van der Waals surface area contributed by atoms with Crippen LogP contribution in [0.25, 0.3) is 43.1 Å². The van der Waals surface area contributed by atoms with Crippen LogP contribution in [-0.2, 0) is 0 Å². The van der Waals surface area contributed by atoms with Crippen molar-refractivity contribution in [2.75, 3.05) is 24.5 Å². The Hall–Kier alpha value is -11.7. The largest absolute Gasteiger partial charge is 0.311 e. The van der Waals surface area contributed by atoms with Gasteiger partial charge in [0.25, 0.3) is 0 Å². The van der Waals surface area contributed by atoms with Crippen LogP contribution in [0, 0.1) is 0 Å². The molecule has 0 radical (unpaired) electrons. The van der Waals surface area contributed by atoms with Gasteiger partial charge in [-0.2, -0.15) is 0 Å². The number of hydrogen-bond acceptors (Lipinski definition) is 5. The maximum atomic E-state index is 2.39. The fourth-order valence-electron chi connectivity index (χ4n) is 12.5. The highest BCUT2D eigenvalue weighted by atomic mass is 15.2. The van der Waals surface area contributed by atoms with Crippen LogP contribution in [0.5, 0.6) is 0 Å². The van der Waals surface area contributed by atoms with Crippen LogP contribution < -0.4 is 24.5 Å². The van der Waals surface area contributed by atoms with E-state index in [1.807, 2.05) is 0 Å². The Kier molecular flexibility index (Phi) is 13.9. The van der Waals surface area contributed by atoms with E-state index >= 15 is 0 Å². The Morgan fingerprint density at radius 2 is 0.299 bits per heavy atom. The number of hydrogen-bond donors (Lipinski definition) is 0. The standard InChI is InChI=1S/C82H59N5/c1-6-26-62(27-7-1)83(67-42-46-69(47-43-67)84(63-28-8-2-9-29-63)71-50-54-73(55-51-71)86(65-32-12-4-13-33-65)81-58-60-24-16-18-36-75(60)77-38-20-22-40-79(77)81)68-44-48-70(49-45-68)85(64-30-10-3-11-31-64)72-52-56-74(57-53-72)87(66-34-14-5-15-35-66)82-59-61-25-17-19-37-76(61)78-39-21-23-41-80(78)82/h1-59H. The van der Waals surface area contributed by atoms with Crippen molar-refractivity contribution in [3.63, 3.8) is 0 Å². The van der Waals surface area contributed by atoms with Gasteiger partial charge in [0.1, 0.15) is 0 Å². The van der Waals surface area contributed by atoms with E-state index in [1.54, 1.807) is 0 Å². The normalized spacial score (nSPS) is 11.2. The van der Waals surface area contributed by atoms with Crippen molar-refractivity contribution >= 4 is 128 Å². The molecule has 0 fully saturated rings. The lowest BCUT2D eigenvalue weighted by atomic mass is 9.99. The second-order valence-corrected chi connectivity index (χ2v) is 21.7. The summed E-state index contributed by atoms with van der Waals surface area (Å²) in [5.74, 6) is 0. The summed E-state index contributed by atoms with van der Waals surface area (Å²) in [5.41, 5.74) is 16.1. The smallest absolute Gasteiger partial charge is 0.0546 e. The van der Waals surface area contributed by atoms with Crippen molar-refractivity contribution in [3.05, 3.63) is 358 Å². The zero-order valence-corrected chi connectivity index (χ0v) is 47.8.